The molecule has 0 aromatic heterocycles. The van der Waals surface area contributed by atoms with Crippen LogP contribution in [0.15, 0.2) is 18.2 Å². The van der Waals surface area contributed by atoms with Gasteiger partial charge in [-0.25, -0.2) is 0 Å². The summed E-state index contributed by atoms with van der Waals surface area (Å²) in [5.41, 5.74) is 0.512. The van der Waals surface area contributed by atoms with Crippen molar-refractivity contribution in [2.24, 2.45) is 0 Å². The normalized spacial score (nSPS) is 13.7. The van der Waals surface area contributed by atoms with Crippen LogP contribution < -0.4 is 9.47 Å². The molecule has 0 spiro atoms. The zero-order valence-electron chi connectivity index (χ0n) is 11.9. The first-order valence-electron chi connectivity index (χ1n) is 6.58. The van der Waals surface area contributed by atoms with Crippen LogP contribution in [0, 0.1) is 0 Å². The quantitative estimate of drug-likeness (QED) is 0.555. The van der Waals surface area contributed by atoms with Gasteiger partial charge >= 0.3 is 7.60 Å². The molecule has 0 saturated carbocycles. The van der Waals surface area contributed by atoms with Gasteiger partial charge in [-0.3, -0.25) is 4.57 Å². The number of rotatable bonds is 10. The minimum atomic E-state index is -3.72. The highest BCUT2D eigenvalue weighted by Crippen LogP contribution is 2.46. The van der Waals surface area contributed by atoms with Crippen molar-refractivity contribution >= 4 is 7.60 Å². The molecule has 0 saturated heterocycles. The maximum atomic E-state index is 11.8. The Balaban J connectivity index is 2.91. The molecule has 120 valence electrons. The van der Waals surface area contributed by atoms with Gasteiger partial charge in [0.2, 0.25) is 0 Å². The molecule has 8 heteroatoms. The summed E-state index contributed by atoms with van der Waals surface area (Å²) < 4.78 is 27.2. The number of benzene rings is 1. The summed E-state index contributed by atoms with van der Waals surface area (Å²) >= 11 is 0. The van der Waals surface area contributed by atoms with Gasteiger partial charge in [-0.15, -0.1) is 0 Å². The van der Waals surface area contributed by atoms with Crippen molar-refractivity contribution in [1.82, 2.24) is 0 Å². The van der Waals surface area contributed by atoms with Crippen LogP contribution in [0.5, 0.6) is 11.5 Å². The zero-order valence-corrected chi connectivity index (χ0v) is 12.8. The Morgan fingerprint density at radius 2 is 1.57 bits per heavy atom. The second kappa shape index (κ2) is 9.02. The molecule has 1 aromatic rings. The topological polar surface area (TPSA) is 105 Å². The molecule has 3 N–H and O–H groups in total. The lowest BCUT2D eigenvalue weighted by molar-refractivity contribution is 0.194. The first-order valence-corrected chi connectivity index (χ1v) is 8.34. The summed E-state index contributed by atoms with van der Waals surface area (Å²) in [7, 11) is -3.72. The van der Waals surface area contributed by atoms with E-state index in [1.54, 1.807) is 25.1 Å². The van der Waals surface area contributed by atoms with E-state index in [1.807, 2.05) is 0 Å². The Kier molecular flexibility index (Phi) is 7.71. The molecule has 0 amide bonds. The monoisotopic (exact) mass is 320 g/mol. The fourth-order valence-corrected chi connectivity index (χ4v) is 2.83. The van der Waals surface area contributed by atoms with Gasteiger partial charge in [-0.2, -0.15) is 0 Å². The van der Waals surface area contributed by atoms with Crippen molar-refractivity contribution in [3.8, 4) is 11.5 Å². The lowest BCUT2D eigenvalue weighted by Gasteiger charge is -2.14. The summed E-state index contributed by atoms with van der Waals surface area (Å²) in [5, 5.41) is 17.5. The van der Waals surface area contributed by atoms with E-state index < -0.39 is 7.60 Å². The molecule has 0 heterocycles. The summed E-state index contributed by atoms with van der Waals surface area (Å²) in [6.07, 6.45) is -0.174. The maximum absolute atomic E-state index is 11.8. The van der Waals surface area contributed by atoms with Crippen molar-refractivity contribution in [2.75, 3.05) is 33.0 Å². The minimum absolute atomic E-state index is 0.102. The molecule has 1 rings (SSSR count). The van der Waals surface area contributed by atoms with Crippen LogP contribution in [0.25, 0.3) is 0 Å². The Hall–Kier alpha value is -1.11. The number of aliphatic hydroxyl groups excluding tert-OH is 2. The van der Waals surface area contributed by atoms with Gasteiger partial charge in [0.25, 0.3) is 0 Å². The number of hydrogen-bond acceptors (Lipinski definition) is 6. The Morgan fingerprint density at radius 3 is 2.00 bits per heavy atom. The van der Waals surface area contributed by atoms with E-state index in [-0.39, 0.29) is 39.2 Å². The molecule has 7 nitrogen and oxygen atoms in total. The summed E-state index contributed by atoms with van der Waals surface area (Å²) in [4.78, 5) is 9.67. The molecule has 21 heavy (non-hydrogen) atoms. The SMILES string of the molecule is CCOP(=O)(O)Cc1cc(OCCO)cc(OCCO)c1. The molecular weight excluding hydrogens is 299 g/mol. The van der Waals surface area contributed by atoms with Gasteiger partial charge in [0.15, 0.2) is 0 Å². The predicted molar refractivity (Wildman–Crippen MR) is 76.8 cm³/mol. The van der Waals surface area contributed by atoms with Crippen molar-refractivity contribution < 1.29 is 33.7 Å². The minimum Gasteiger partial charge on any atom is -0.491 e. The largest absolute Gasteiger partial charge is 0.491 e. The van der Waals surface area contributed by atoms with Crippen LogP contribution in [0.1, 0.15) is 12.5 Å². The van der Waals surface area contributed by atoms with Gasteiger partial charge in [-0.05, 0) is 24.6 Å². The van der Waals surface area contributed by atoms with E-state index in [0.717, 1.165) is 0 Å². The fourth-order valence-electron chi connectivity index (χ4n) is 1.69. The molecule has 0 fully saturated rings. The van der Waals surface area contributed by atoms with Crippen LogP contribution in [-0.4, -0.2) is 48.1 Å². The molecule has 0 aliphatic rings. The molecule has 0 radical (unpaired) electrons. The Morgan fingerprint density at radius 1 is 1.05 bits per heavy atom. The highest BCUT2D eigenvalue weighted by Gasteiger charge is 2.20. The Bertz CT molecular complexity index is 451. The molecule has 1 atom stereocenters. The number of aliphatic hydroxyl groups is 2. The van der Waals surface area contributed by atoms with Crippen molar-refractivity contribution in [3.05, 3.63) is 23.8 Å². The summed E-state index contributed by atoms with van der Waals surface area (Å²) in [6.45, 7) is 1.70. The molecule has 0 aliphatic heterocycles. The predicted octanol–water partition coefficient (Wildman–Crippen LogP) is 1.15. The van der Waals surface area contributed by atoms with Gasteiger partial charge < -0.3 is 29.1 Å². The lowest BCUT2D eigenvalue weighted by Crippen LogP contribution is -2.05. The van der Waals surface area contributed by atoms with E-state index >= 15 is 0 Å². The smallest absolute Gasteiger partial charge is 0.332 e. The molecule has 1 aromatic carbocycles. The van der Waals surface area contributed by atoms with Crippen LogP contribution in [0.3, 0.4) is 0 Å². The van der Waals surface area contributed by atoms with Crippen molar-refractivity contribution in [3.63, 3.8) is 0 Å². The molecule has 0 aliphatic carbocycles. The highest BCUT2D eigenvalue weighted by atomic mass is 31.2. The first kappa shape index (κ1) is 17.9. The first-order chi connectivity index (χ1) is 10.0. The second-order valence-electron chi connectivity index (χ2n) is 4.17. The van der Waals surface area contributed by atoms with E-state index in [1.165, 1.54) is 0 Å². The lowest BCUT2D eigenvalue weighted by atomic mass is 10.2. The Labute approximate surface area is 123 Å². The maximum Gasteiger partial charge on any atom is 0.332 e. The zero-order chi connectivity index (χ0) is 15.7. The van der Waals surface area contributed by atoms with E-state index in [2.05, 4.69) is 0 Å². The highest BCUT2D eigenvalue weighted by molar-refractivity contribution is 7.51. The van der Waals surface area contributed by atoms with Gasteiger partial charge in [0.1, 0.15) is 24.7 Å². The van der Waals surface area contributed by atoms with Crippen LogP contribution in [0.4, 0.5) is 0 Å². The molecule has 1 unspecified atom stereocenters. The summed E-state index contributed by atoms with van der Waals surface area (Å²) in [6, 6.07) is 4.75. The van der Waals surface area contributed by atoms with E-state index in [9.17, 15) is 9.46 Å². The van der Waals surface area contributed by atoms with Crippen LogP contribution >= 0.6 is 7.60 Å². The van der Waals surface area contributed by atoms with Gasteiger partial charge in [0.05, 0.1) is 26.0 Å². The van der Waals surface area contributed by atoms with Crippen molar-refractivity contribution in [1.29, 1.82) is 0 Å². The molecular formula is C13H21O7P. The third kappa shape index (κ3) is 6.93. The number of ether oxygens (including phenoxy) is 2. The van der Waals surface area contributed by atoms with Crippen molar-refractivity contribution in [2.45, 2.75) is 13.1 Å². The van der Waals surface area contributed by atoms with Crippen LogP contribution in [0.2, 0.25) is 0 Å². The van der Waals surface area contributed by atoms with E-state index in [4.69, 9.17) is 24.2 Å². The van der Waals surface area contributed by atoms with Crippen LogP contribution in [-0.2, 0) is 15.3 Å². The van der Waals surface area contributed by atoms with E-state index in [0.29, 0.717) is 17.1 Å². The molecule has 0 bridgehead atoms. The average molecular weight is 320 g/mol. The van der Waals surface area contributed by atoms with Gasteiger partial charge in [0, 0.05) is 6.07 Å². The second-order valence-corrected chi connectivity index (χ2v) is 6.02. The van der Waals surface area contributed by atoms with Gasteiger partial charge in [-0.1, -0.05) is 0 Å². The summed E-state index contributed by atoms with van der Waals surface area (Å²) in [5.74, 6) is 0.817. The number of hydrogen-bond donors (Lipinski definition) is 3. The fraction of sp³-hybridized carbons (Fsp3) is 0.538. The third-order valence-electron chi connectivity index (χ3n) is 2.37. The average Bonchev–Trinajstić information content (AvgIpc) is 2.42. The standard InChI is InChI=1S/C13H21O7P/c1-2-20-21(16,17)10-11-7-12(18-5-3-14)9-13(8-11)19-6-4-15/h7-9,14-15H,2-6,10H2,1H3,(H,16,17). The third-order valence-corrected chi connectivity index (χ3v) is 3.80.